The topological polar surface area (TPSA) is 157 Å². The largest absolute Gasteiger partial charge is 0.493 e. The Morgan fingerprint density at radius 1 is 1.02 bits per heavy atom. The Labute approximate surface area is 291 Å². The summed E-state index contributed by atoms with van der Waals surface area (Å²) in [5.41, 5.74) is -4.37. The van der Waals surface area contributed by atoms with Crippen molar-refractivity contribution < 1.29 is 52.4 Å². The number of aromatic nitrogens is 1. The number of hydrogen-bond donors (Lipinski definition) is 3. The SMILES string of the molecule is COc1cc(C(O)C(C)(C)C(=O)O)cc(OC)c1OC1CCN(CC(O)(c2cn(Cc3ccccc3)c3cc([N+](=O)[O-])ccc23)C(F)(F)F)CC1. The molecule has 51 heavy (non-hydrogen) atoms. The van der Waals surface area contributed by atoms with Gasteiger partial charge in [-0.2, -0.15) is 13.2 Å². The van der Waals surface area contributed by atoms with E-state index >= 15 is 0 Å². The summed E-state index contributed by atoms with van der Waals surface area (Å²) in [5.74, 6) is -0.676. The van der Waals surface area contributed by atoms with E-state index in [1.807, 2.05) is 0 Å². The fraction of sp³-hybridized carbons (Fsp3) is 0.417. The van der Waals surface area contributed by atoms with Crippen molar-refractivity contribution in [2.75, 3.05) is 33.9 Å². The molecular weight excluding hydrogens is 675 g/mol. The van der Waals surface area contributed by atoms with Crippen LogP contribution in [0.1, 0.15) is 49.5 Å². The summed E-state index contributed by atoms with van der Waals surface area (Å²) in [6, 6.07) is 15.4. The van der Waals surface area contributed by atoms with Crippen LogP contribution in [-0.2, 0) is 16.9 Å². The van der Waals surface area contributed by atoms with Crippen molar-refractivity contribution >= 4 is 22.6 Å². The molecule has 0 radical (unpaired) electrons. The van der Waals surface area contributed by atoms with E-state index < -0.39 is 52.4 Å². The number of carbonyl (C=O) groups is 1. The summed E-state index contributed by atoms with van der Waals surface area (Å²) in [7, 11) is 2.74. The van der Waals surface area contributed by atoms with Crippen molar-refractivity contribution in [3.63, 3.8) is 0 Å². The number of nitrogens with zero attached hydrogens (tertiary/aromatic N) is 3. The van der Waals surface area contributed by atoms with E-state index in [-0.39, 0.29) is 71.9 Å². The van der Waals surface area contributed by atoms with Crippen LogP contribution >= 0.6 is 0 Å². The number of rotatable bonds is 13. The van der Waals surface area contributed by atoms with Crippen LogP contribution in [0.15, 0.2) is 66.9 Å². The monoisotopic (exact) mass is 715 g/mol. The van der Waals surface area contributed by atoms with Gasteiger partial charge in [-0.3, -0.25) is 19.8 Å². The molecular formula is C36H40F3N3O9. The molecule has 12 nitrogen and oxygen atoms in total. The summed E-state index contributed by atoms with van der Waals surface area (Å²) in [5, 5.41) is 43.6. The van der Waals surface area contributed by atoms with Crippen molar-refractivity contribution in [2.24, 2.45) is 5.41 Å². The number of nitro groups is 1. The van der Waals surface area contributed by atoms with Gasteiger partial charge in [-0.15, -0.1) is 0 Å². The van der Waals surface area contributed by atoms with Gasteiger partial charge in [0, 0.05) is 55.5 Å². The zero-order valence-corrected chi connectivity index (χ0v) is 28.5. The molecule has 3 N–H and O–H groups in total. The van der Waals surface area contributed by atoms with Crippen LogP contribution in [0.2, 0.25) is 0 Å². The van der Waals surface area contributed by atoms with Gasteiger partial charge in [-0.05, 0) is 56.0 Å². The van der Waals surface area contributed by atoms with E-state index in [0.29, 0.717) is 0 Å². The molecule has 1 aliphatic rings. The predicted octanol–water partition coefficient (Wildman–Crippen LogP) is 6.05. The van der Waals surface area contributed by atoms with Gasteiger partial charge in [0.15, 0.2) is 11.5 Å². The molecule has 1 saturated heterocycles. The molecule has 2 unspecified atom stereocenters. The Morgan fingerprint density at radius 3 is 2.16 bits per heavy atom. The Kier molecular flexibility index (Phi) is 10.6. The van der Waals surface area contributed by atoms with Crippen LogP contribution in [-0.4, -0.2) is 81.8 Å². The van der Waals surface area contributed by atoms with Crippen molar-refractivity contribution in [3.8, 4) is 17.2 Å². The van der Waals surface area contributed by atoms with Gasteiger partial charge in [-0.25, -0.2) is 0 Å². The van der Waals surface area contributed by atoms with Gasteiger partial charge in [0.05, 0.1) is 36.2 Å². The molecule has 1 fully saturated rings. The number of aliphatic hydroxyl groups is 2. The van der Waals surface area contributed by atoms with Crippen molar-refractivity contribution in [1.29, 1.82) is 0 Å². The number of aliphatic carboxylic acids is 1. The minimum atomic E-state index is -5.10. The summed E-state index contributed by atoms with van der Waals surface area (Å²) < 4.78 is 63.6. The van der Waals surface area contributed by atoms with Gasteiger partial charge in [-0.1, -0.05) is 30.3 Å². The highest BCUT2D eigenvalue weighted by Gasteiger charge is 2.57. The number of carboxylic acids is 1. The Hall–Kier alpha value is -4.86. The number of carboxylic acid groups (broad SMARTS) is 1. The second kappa shape index (κ2) is 14.4. The van der Waals surface area contributed by atoms with Gasteiger partial charge in [0.2, 0.25) is 11.4 Å². The Morgan fingerprint density at radius 2 is 1.63 bits per heavy atom. The first-order valence-electron chi connectivity index (χ1n) is 16.2. The highest BCUT2D eigenvalue weighted by Crippen LogP contribution is 2.46. The summed E-state index contributed by atoms with van der Waals surface area (Å²) in [4.78, 5) is 24.2. The van der Waals surface area contributed by atoms with Crippen molar-refractivity contribution in [3.05, 3.63) is 93.7 Å². The molecule has 1 aliphatic heterocycles. The van der Waals surface area contributed by atoms with Crippen molar-refractivity contribution in [1.82, 2.24) is 9.47 Å². The quantitative estimate of drug-likeness (QED) is 0.110. The molecule has 15 heteroatoms. The lowest BCUT2D eigenvalue weighted by atomic mass is 9.82. The maximum absolute atomic E-state index is 15.0. The number of methoxy groups -OCH3 is 2. The number of alkyl halides is 3. The lowest BCUT2D eigenvalue weighted by Gasteiger charge is -2.39. The molecule has 4 aromatic rings. The normalized spacial score (nSPS) is 16.4. The van der Waals surface area contributed by atoms with E-state index in [4.69, 9.17) is 14.2 Å². The third-order valence-corrected chi connectivity index (χ3v) is 9.49. The summed E-state index contributed by atoms with van der Waals surface area (Å²) in [6.45, 7) is 2.36. The minimum absolute atomic E-state index is 0.0501. The van der Waals surface area contributed by atoms with Gasteiger partial charge in [0.25, 0.3) is 5.69 Å². The predicted molar refractivity (Wildman–Crippen MR) is 180 cm³/mol. The lowest BCUT2D eigenvalue weighted by molar-refractivity contribution is -0.384. The fourth-order valence-electron chi connectivity index (χ4n) is 6.35. The van der Waals surface area contributed by atoms with E-state index in [1.54, 1.807) is 30.3 Å². The number of non-ortho nitro benzene ring substituents is 1. The molecule has 3 aromatic carbocycles. The van der Waals surface area contributed by atoms with Crippen LogP contribution in [0.5, 0.6) is 17.2 Å². The highest BCUT2D eigenvalue weighted by atomic mass is 19.4. The molecule has 0 saturated carbocycles. The molecule has 1 aromatic heterocycles. The zero-order chi connectivity index (χ0) is 37.3. The second-order valence-corrected chi connectivity index (χ2v) is 13.3. The van der Waals surface area contributed by atoms with E-state index in [9.17, 15) is 43.4 Å². The third kappa shape index (κ3) is 7.46. The number of halogens is 3. The standard InChI is InChI=1S/C36H40F3N3O9/c1-34(2,33(44)45)32(43)23-16-29(49-3)31(30(17-23)50-4)51-25-12-14-40(15-13-25)21-35(46,36(37,38)39)27-20-41(19-22-8-6-5-7-9-22)28-18-24(42(47)48)10-11-26(27)28/h5-11,16-18,20,25,32,43,46H,12-15,19,21H2,1-4H3,(H,44,45). The third-order valence-electron chi connectivity index (χ3n) is 9.49. The van der Waals surface area contributed by atoms with E-state index in [2.05, 4.69) is 0 Å². The molecule has 2 atom stereocenters. The first-order chi connectivity index (χ1) is 24.0. The van der Waals surface area contributed by atoms with Gasteiger partial charge >= 0.3 is 12.1 Å². The van der Waals surface area contributed by atoms with Crippen LogP contribution in [0.4, 0.5) is 18.9 Å². The Balaban J connectivity index is 1.39. The van der Waals surface area contributed by atoms with Crippen LogP contribution in [0.3, 0.4) is 0 Å². The maximum Gasteiger partial charge on any atom is 0.422 e. The molecule has 0 aliphatic carbocycles. The molecule has 0 amide bonds. The Bertz CT molecular complexity index is 1860. The zero-order valence-electron chi connectivity index (χ0n) is 28.5. The number of fused-ring (bicyclic) bond motifs is 1. The molecule has 274 valence electrons. The molecule has 0 spiro atoms. The van der Waals surface area contributed by atoms with E-state index in [1.165, 1.54) is 68.0 Å². The average molecular weight is 716 g/mol. The number of hydrogen-bond acceptors (Lipinski definition) is 9. The first kappa shape index (κ1) is 37.4. The number of benzene rings is 3. The van der Waals surface area contributed by atoms with Crippen LogP contribution in [0, 0.1) is 15.5 Å². The fourth-order valence-corrected chi connectivity index (χ4v) is 6.35. The van der Waals surface area contributed by atoms with Crippen LogP contribution < -0.4 is 14.2 Å². The molecule has 0 bridgehead atoms. The minimum Gasteiger partial charge on any atom is -0.493 e. The average Bonchev–Trinajstić information content (AvgIpc) is 3.46. The number of ether oxygens (including phenoxy) is 3. The summed E-state index contributed by atoms with van der Waals surface area (Å²) in [6.07, 6.45) is -5.22. The lowest BCUT2D eigenvalue weighted by Crippen LogP contribution is -2.53. The number of aliphatic hydroxyl groups excluding tert-OH is 1. The maximum atomic E-state index is 15.0. The second-order valence-electron chi connectivity index (χ2n) is 13.3. The molecule has 5 rings (SSSR count). The van der Waals surface area contributed by atoms with Crippen molar-refractivity contribution in [2.45, 2.75) is 57.2 Å². The molecule has 2 heterocycles. The first-order valence-corrected chi connectivity index (χ1v) is 16.2. The number of likely N-dealkylation sites (tertiary alicyclic amines) is 1. The van der Waals surface area contributed by atoms with Gasteiger partial charge in [0.1, 0.15) is 6.10 Å². The number of piperidine rings is 1. The van der Waals surface area contributed by atoms with Crippen LogP contribution in [0.25, 0.3) is 10.9 Å². The number of β-amino-alcohol motifs (C(OH)–C–C–N with tert-alkyl or cyclic N) is 1. The number of nitro benzene ring substituents is 1. The van der Waals surface area contributed by atoms with Gasteiger partial charge < -0.3 is 34.1 Å². The summed E-state index contributed by atoms with van der Waals surface area (Å²) >= 11 is 0. The smallest absolute Gasteiger partial charge is 0.422 e. The van der Waals surface area contributed by atoms with E-state index in [0.717, 1.165) is 11.6 Å². The highest BCUT2D eigenvalue weighted by molar-refractivity contribution is 5.87.